The van der Waals surface area contributed by atoms with Gasteiger partial charge in [0.1, 0.15) is 5.03 Å². The highest BCUT2D eigenvalue weighted by atomic mass is 32.2. The summed E-state index contributed by atoms with van der Waals surface area (Å²) in [6.07, 6.45) is 4.51. The van der Waals surface area contributed by atoms with E-state index >= 15 is 0 Å². The highest BCUT2D eigenvalue weighted by molar-refractivity contribution is 7.99. The first kappa shape index (κ1) is 11.8. The van der Waals surface area contributed by atoms with Gasteiger partial charge in [-0.25, -0.2) is 4.98 Å². The van der Waals surface area contributed by atoms with Crippen molar-refractivity contribution in [1.29, 1.82) is 0 Å². The van der Waals surface area contributed by atoms with E-state index in [9.17, 15) is 0 Å². The number of benzene rings is 1. The van der Waals surface area contributed by atoms with Crippen molar-refractivity contribution in [2.24, 2.45) is 0 Å². The third kappa shape index (κ3) is 2.74. The fraction of sp³-hybridized carbons (Fsp3) is 0.267. The molecule has 1 aliphatic heterocycles. The molecule has 1 unspecified atom stereocenters. The molecule has 1 fully saturated rings. The van der Waals surface area contributed by atoms with Gasteiger partial charge in [-0.3, -0.25) is 0 Å². The predicted octanol–water partition coefficient (Wildman–Crippen LogP) is 3.66. The second kappa shape index (κ2) is 5.55. The zero-order valence-corrected chi connectivity index (χ0v) is 11.0. The molecule has 18 heavy (non-hydrogen) atoms. The molecule has 1 aliphatic rings. The van der Waals surface area contributed by atoms with Crippen molar-refractivity contribution in [3.63, 3.8) is 0 Å². The summed E-state index contributed by atoms with van der Waals surface area (Å²) >= 11 is 1.71. The molecular formula is C15H16N2S. The van der Waals surface area contributed by atoms with Gasteiger partial charge in [0.25, 0.3) is 0 Å². The number of nitrogens with one attached hydrogen (secondary N) is 1. The van der Waals surface area contributed by atoms with Gasteiger partial charge >= 0.3 is 0 Å². The molecule has 2 aromatic rings. The Morgan fingerprint density at radius 1 is 1.11 bits per heavy atom. The van der Waals surface area contributed by atoms with E-state index in [0.29, 0.717) is 6.04 Å². The third-order valence-corrected chi connectivity index (χ3v) is 4.15. The van der Waals surface area contributed by atoms with E-state index in [-0.39, 0.29) is 0 Å². The highest BCUT2D eigenvalue weighted by Gasteiger charge is 2.16. The Labute approximate surface area is 112 Å². The minimum Gasteiger partial charge on any atom is -0.310 e. The Morgan fingerprint density at radius 3 is 2.67 bits per heavy atom. The van der Waals surface area contributed by atoms with Crippen LogP contribution in [0.2, 0.25) is 0 Å². The van der Waals surface area contributed by atoms with Gasteiger partial charge in [-0.1, -0.05) is 36.0 Å². The Balaban J connectivity index is 1.71. The van der Waals surface area contributed by atoms with Crippen LogP contribution < -0.4 is 5.32 Å². The number of nitrogens with zero attached hydrogens (tertiary/aromatic N) is 1. The number of rotatable bonds is 3. The van der Waals surface area contributed by atoms with E-state index in [0.717, 1.165) is 11.6 Å². The Hall–Kier alpha value is -1.32. The van der Waals surface area contributed by atoms with Crippen molar-refractivity contribution in [2.75, 3.05) is 6.54 Å². The molecule has 0 bridgehead atoms. The monoisotopic (exact) mass is 256 g/mol. The maximum atomic E-state index is 4.54. The Kier molecular flexibility index (Phi) is 3.62. The zero-order chi connectivity index (χ0) is 12.2. The van der Waals surface area contributed by atoms with Crippen LogP contribution in [0.25, 0.3) is 0 Å². The van der Waals surface area contributed by atoms with Crippen molar-refractivity contribution < 1.29 is 0 Å². The maximum absolute atomic E-state index is 4.54. The molecule has 1 atom stereocenters. The van der Waals surface area contributed by atoms with Gasteiger partial charge in [0.05, 0.1) is 0 Å². The summed E-state index contributed by atoms with van der Waals surface area (Å²) in [5.41, 5.74) is 1.31. The van der Waals surface area contributed by atoms with Gasteiger partial charge in [0.2, 0.25) is 0 Å². The average molecular weight is 256 g/mol. The minimum absolute atomic E-state index is 0.508. The lowest BCUT2D eigenvalue weighted by Crippen LogP contribution is -2.12. The van der Waals surface area contributed by atoms with E-state index in [4.69, 9.17) is 0 Å². The van der Waals surface area contributed by atoms with Crippen LogP contribution in [0, 0.1) is 0 Å². The van der Waals surface area contributed by atoms with Gasteiger partial charge in [-0.2, -0.15) is 0 Å². The van der Waals surface area contributed by atoms with Gasteiger partial charge in [-0.05, 0) is 43.1 Å². The van der Waals surface area contributed by atoms with E-state index in [1.165, 1.54) is 23.3 Å². The summed E-state index contributed by atoms with van der Waals surface area (Å²) in [5.74, 6) is 0. The lowest BCUT2D eigenvalue weighted by molar-refractivity contribution is 0.643. The van der Waals surface area contributed by atoms with Crippen LogP contribution in [0.5, 0.6) is 0 Å². The highest BCUT2D eigenvalue weighted by Crippen LogP contribution is 2.28. The van der Waals surface area contributed by atoms with E-state index in [2.05, 4.69) is 46.7 Å². The third-order valence-electron chi connectivity index (χ3n) is 3.19. The van der Waals surface area contributed by atoms with Crippen molar-refractivity contribution in [1.82, 2.24) is 10.3 Å². The topological polar surface area (TPSA) is 24.9 Å². The summed E-state index contributed by atoms with van der Waals surface area (Å²) in [7, 11) is 0. The summed E-state index contributed by atoms with van der Waals surface area (Å²) in [6, 6.07) is 15.2. The molecule has 92 valence electrons. The number of hydrogen-bond acceptors (Lipinski definition) is 3. The van der Waals surface area contributed by atoms with Crippen LogP contribution in [-0.4, -0.2) is 11.5 Å². The molecule has 0 aliphatic carbocycles. The molecular weight excluding hydrogens is 240 g/mol. The minimum atomic E-state index is 0.508. The van der Waals surface area contributed by atoms with Crippen LogP contribution in [0.15, 0.2) is 58.6 Å². The molecule has 0 radical (unpaired) electrons. The first-order chi connectivity index (χ1) is 8.92. The maximum Gasteiger partial charge on any atom is 0.101 e. The van der Waals surface area contributed by atoms with Crippen LogP contribution in [0.3, 0.4) is 0 Å². The molecule has 1 saturated heterocycles. The number of aromatic nitrogens is 1. The molecule has 3 heteroatoms. The van der Waals surface area contributed by atoms with E-state index < -0.39 is 0 Å². The summed E-state index contributed by atoms with van der Waals surface area (Å²) in [5, 5.41) is 4.55. The zero-order valence-electron chi connectivity index (χ0n) is 10.2. The number of hydrogen-bond donors (Lipinski definition) is 1. The first-order valence-electron chi connectivity index (χ1n) is 6.34. The quantitative estimate of drug-likeness (QED) is 0.907. The lowest BCUT2D eigenvalue weighted by atomic mass is 10.1. The van der Waals surface area contributed by atoms with Crippen LogP contribution in [0.1, 0.15) is 24.4 Å². The standard InChI is InChI=1S/C15H16N2S/c1-2-5-13(6-3-1)18-15-9-8-12(11-17-15)14-7-4-10-16-14/h1-3,5-6,8-9,11,14,16H,4,7,10H2. The SMILES string of the molecule is c1ccc(Sc2ccc(C3CCCN3)cn2)cc1. The van der Waals surface area contributed by atoms with Crippen LogP contribution >= 0.6 is 11.8 Å². The van der Waals surface area contributed by atoms with Crippen molar-refractivity contribution in [2.45, 2.75) is 28.8 Å². The molecule has 2 nitrogen and oxygen atoms in total. The molecule has 0 saturated carbocycles. The molecule has 1 aromatic carbocycles. The molecule has 0 spiro atoms. The fourth-order valence-electron chi connectivity index (χ4n) is 2.24. The Bertz CT molecular complexity index is 490. The van der Waals surface area contributed by atoms with Gasteiger partial charge < -0.3 is 5.32 Å². The smallest absolute Gasteiger partial charge is 0.101 e. The van der Waals surface area contributed by atoms with E-state index in [1.54, 1.807) is 11.8 Å². The average Bonchev–Trinajstić information content (AvgIpc) is 2.95. The molecule has 2 heterocycles. The summed E-state index contributed by atoms with van der Waals surface area (Å²) in [4.78, 5) is 5.77. The van der Waals surface area contributed by atoms with Crippen molar-refractivity contribution >= 4 is 11.8 Å². The molecule has 1 N–H and O–H groups in total. The molecule has 1 aromatic heterocycles. The van der Waals surface area contributed by atoms with Gasteiger partial charge in [0.15, 0.2) is 0 Å². The summed E-state index contributed by atoms with van der Waals surface area (Å²) < 4.78 is 0. The number of pyridine rings is 1. The normalized spacial score (nSPS) is 19.0. The molecule has 0 amide bonds. The lowest BCUT2D eigenvalue weighted by Gasteiger charge is -2.10. The molecule has 3 rings (SSSR count). The van der Waals surface area contributed by atoms with Crippen LogP contribution in [-0.2, 0) is 0 Å². The second-order valence-electron chi connectivity index (χ2n) is 4.49. The summed E-state index contributed by atoms with van der Waals surface area (Å²) in [6.45, 7) is 1.13. The first-order valence-corrected chi connectivity index (χ1v) is 7.16. The largest absolute Gasteiger partial charge is 0.310 e. The van der Waals surface area contributed by atoms with Gasteiger partial charge in [0, 0.05) is 17.1 Å². The second-order valence-corrected chi connectivity index (χ2v) is 5.59. The predicted molar refractivity (Wildman–Crippen MR) is 74.8 cm³/mol. The Morgan fingerprint density at radius 2 is 2.00 bits per heavy atom. The fourth-order valence-corrected chi connectivity index (χ4v) is 3.01. The van der Waals surface area contributed by atoms with E-state index in [1.807, 2.05) is 12.3 Å². The van der Waals surface area contributed by atoms with Crippen molar-refractivity contribution in [3.8, 4) is 0 Å². The van der Waals surface area contributed by atoms with Crippen molar-refractivity contribution in [3.05, 3.63) is 54.2 Å². The van der Waals surface area contributed by atoms with Gasteiger partial charge in [-0.15, -0.1) is 0 Å². The van der Waals surface area contributed by atoms with Crippen LogP contribution in [0.4, 0.5) is 0 Å².